The van der Waals surface area contributed by atoms with Gasteiger partial charge in [0.25, 0.3) is 0 Å². The van der Waals surface area contributed by atoms with Crippen LogP contribution in [0.4, 0.5) is 23.2 Å². The number of ether oxygens (including phenoxy) is 1. The quantitative estimate of drug-likeness (QED) is 0.326. The number of anilines is 1. The van der Waals surface area contributed by atoms with E-state index in [0.717, 1.165) is 12.1 Å². The van der Waals surface area contributed by atoms with E-state index in [4.69, 9.17) is 17.0 Å². The predicted octanol–water partition coefficient (Wildman–Crippen LogP) is 3.42. The van der Waals surface area contributed by atoms with Gasteiger partial charge in [-0.2, -0.15) is 22.7 Å². The molecule has 31 heavy (non-hydrogen) atoms. The Balaban J connectivity index is 1.37. The molecule has 0 amide bonds. The maximum Gasteiger partial charge on any atom is 0.416 e. The van der Waals surface area contributed by atoms with Gasteiger partial charge in [-0.1, -0.05) is 6.07 Å². The second-order valence-electron chi connectivity index (χ2n) is 7.08. The molecule has 0 unspecified atom stereocenters. The Hall–Kier alpha value is -2.95. The lowest BCUT2D eigenvalue weighted by molar-refractivity contribution is -0.137. The van der Waals surface area contributed by atoms with Gasteiger partial charge < -0.3 is 14.5 Å². The number of halogens is 4. The second kappa shape index (κ2) is 8.66. The summed E-state index contributed by atoms with van der Waals surface area (Å²) in [5.41, 5.74) is 3.58. The molecular formula is C20H19F4N5OS. The van der Waals surface area contributed by atoms with E-state index in [-0.39, 0.29) is 0 Å². The number of benzene rings is 1. The normalized spacial score (nSPS) is 17.9. The highest BCUT2D eigenvalue weighted by molar-refractivity contribution is 7.80. The van der Waals surface area contributed by atoms with Gasteiger partial charge in [0.15, 0.2) is 5.11 Å². The number of rotatable bonds is 2. The number of hydrogen-bond donors (Lipinski definition) is 1. The molecule has 1 aromatic heterocycles. The first-order valence-electron chi connectivity index (χ1n) is 9.65. The van der Waals surface area contributed by atoms with Crippen LogP contribution in [-0.2, 0) is 6.18 Å². The standard InChI is InChI=1S/C20H19F4N5OS/c21-17-5-4-16-18(25-17)15(6-11-30-16)26-27-19(31)29-9-7-28(8-10-29)14-3-1-2-13(12-14)20(22,23)24/h1-5,12H,6-11H2,(H,27,31)/b26-15-. The molecular weight excluding hydrogens is 434 g/mol. The van der Waals surface area contributed by atoms with Gasteiger partial charge in [0, 0.05) is 38.3 Å². The Labute approximate surface area is 181 Å². The first kappa shape index (κ1) is 21.3. The summed E-state index contributed by atoms with van der Waals surface area (Å²) in [7, 11) is 0. The topological polar surface area (TPSA) is 53.0 Å². The van der Waals surface area contributed by atoms with Crippen molar-refractivity contribution in [3.63, 3.8) is 0 Å². The summed E-state index contributed by atoms with van der Waals surface area (Å²) in [6.45, 7) is 2.49. The van der Waals surface area contributed by atoms with Gasteiger partial charge in [0.1, 0.15) is 11.4 Å². The molecule has 2 aliphatic rings. The van der Waals surface area contributed by atoms with Gasteiger partial charge in [-0.05, 0) is 42.5 Å². The zero-order chi connectivity index (χ0) is 22.0. The maximum absolute atomic E-state index is 13.5. The molecule has 1 N–H and O–H groups in total. The number of nitrogens with zero attached hydrogens (tertiary/aromatic N) is 4. The molecule has 1 saturated heterocycles. The second-order valence-corrected chi connectivity index (χ2v) is 7.46. The van der Waals surface area contributed by atoms with Crippen LogP contribution in [0, 0.1) is 5.95 Å². The molecule has 0 atom stereocenters. The number of pyridine rings is 1. The third-order valence-corrected chi connectivity index (χ3v) is 5.44. The fraction of sp³-hybridized carbons (Fsp3) is 0.350. The number of hydrogen-bond acceptors (Lipinski definition) is 5. The average molecular weight is 453 g/mol. The van der Waals surface area contributed by atoms with Crippen LogP contribution in [0.2, 0.25) is 0 Å². The number of thiocarbonyl (C=S) groups is 1. The van der Waals surface area contributed by atoms with Gasteiger partial charge in [-0.25, -0.2) is 4.98 Å². The molecule has 0 aliphatic carbocycles. The van der Waals surface area contributed by atoms with Crippen molar-refractivity contribution in [1.82, 2.24) is 15.3 Å². The maximum atomic E-state index is 13.5. The number of aromatic nitrogens is 1. The molecule has 1 aromatic carbocycles. The highest BCUT2D eigenvalue weighted by atomic mass is 32.1. The van der Waals surface area contributed by atoms with Crippen molar-refractivity contribution in [2.75, 3.05) is 37.7 Å². The highest BCUT2D eigenvalue weighted by Crippen LogP contribution is 2.32. The van der Waals surface area contributed by atoms with Crippen molar-refractivity contribution in [3.05, 3.63) is 53.6 Å². The van der Waals surface area contributed by atoms with E-state index in [1.165, 1.54) is 18.2 Å². The van der Waals surface area contributed by atoms with E-state index in [2.05, 4.69) is 15.5 Å². The molecule has 2 aliphatic heterocycles. The van der Waals surface area contributed by atoms with Crippen molar-refractivity contribution in [2.24, 2.45) is 5.10 Å². The SMILES string of the molecule is Fc1ccc2c(n1)/C(=N\NC(=S)N1CCN(c3cccc(C(F)(F)F)c3)CC1)CCO2. The summed E-state index contributed by atoms with van der Waals surface area (Å²) in [5, 5.41) is 4.68. The van der Waals surface area contributed by atoms with E-state index in [0.29, 0.717) is 67.2 Å². The third kappa shape index (κ3) is 4.87. The Kier molecular flexibility index (Phi) is 5.94. The van der Waals surface area contributed by atoms with Gasteiger partial charge in [0.2, 0.25) is 5.95 Å². The van der Waals surface area contributed by atoms with Gasteiger partial charge in [0.05, 0.1) is 17.9 Å². The number of fused-ring (bicyclic) bond motifs is 1. The predicted molar refractivity (Wildman–Crippen MR) is 112 cm³/mol. The van der Waals surface area contributed by atoms with Crippen LogP contribution in [0.3, 0.4) is 0 Å². The van der Waals surface area contributed by atoms with Crippen LogP contribution in [0.5, 0.6) is 5.75 Å². The lowest BCUT2D eigenvalue weighted by atomic mass is 10.1. The first-order valence-corrected chi connectivity index (χ1v) is 10.1. The summed E-state index contributed by atoms with van der Waals surface area (Å²) in [6.07, 6.45) is -3.91. The minimum absolute atomic E-state index is 0.343. The summed E-state index contributed by atoms with van der Waals surface area (Å²) < 4.78 is 57.8. The van der Waals surface area contributed by atoms with E-state index in [1.807, 2.05) is 9.80 Å². The van der Waals surface area contributed by atoms with E-state index in [9.17, 15) is 17.6 Å². The lowest BCUT2D eigenvalue weighted by Gasteiger charge is -2.37. The average Bonchev–Trinajstić information content (AvgIpc) is 2.77. The van der Waals surface area contributed by atoms with Crippen LogP contribution < -0.4 is 15.1 Å². The Morgan fingerprint density at radius 2 is 1.90 bits per heavy atom. The summed E-state index contributed by atoms with van der Waals surface area (Å²) in [4.78, 5) is 7.63. The first-order chi connectivity index (χ1) is 14.8. The summed E-state index contributed by atoms with van der Waals surface area (Å²) in [6, 6.07) is 8.04. The van der Waals surface area contributed by atoms with Crippen LogP contribution in [-0.4, -0.2) is 53.5 Å². The molecule has 3 heterocycles. The van der Waals surface area contributed by atoms with Crippen molar-refractivity contribution < 1.29 is 22.3 Å². The van der Waals surface area contributed by atoms with E-state index >= 15 is 0 Å². The number of nitrogens with one attached hydrogen (secondary N) is 1. The number of alkyl halides is 3. The Bertz CT molecular complexity index is 1010. The fourth-order valence-electron chi connectivity index (χ4n) is 3.46. The molecule has 2 aromatic rings. The van der Waals surface area contributed by atoms with Gasteiger partial charge >= 0.3 is 6.18 Å². The summed E-state index contributed by atoms with van der Waals surface area (Å²) in [5.74, 6) is -0.154. The molecule has 0 radical (unpaired) electrons. The highest BCUT2D eigenvalue weighted by Gasteiger charge is 2.31. The molecule has 6 nitrogen and oxygen atoms in total. The van der Waals surface area contributed by atoms with Crippen LogP contribution >= 0.6 is 12.2 Å². The van der Waals surface area contributed by atoms with E-state index < -0.39 is 17.7 Å². The zero-order valence-electron chi connectivity index (χ0n) is 16.3. The van der Waals surface area contributed by atoms with Crippen molar-refractivity contribution in [1.29, 1.82) is 0 Å². The smallest absolute Gasteiger partial charge is 0.416 e. The third-order valence-electron chi connectivity index (χ3n) is 5.09. The molecule has 11 heteroatoms. The van der Waals surface area contributed by atoms with Gasteiger partial charge in [-0.3, -0.25) is 5.43 Å². The molecule has 4 rings (SSSR count). The Morgan fingerprint density at radius 3 is 2.65 bits per heavy atom. The van der Waals surface area contributed by atoms with Crippen LogP contribution in [0.15, 0.2) is 41.5 Å². The Morgan fingerprint density at radius 1 is 1.13 bits per heavy atom. The van der Waals surface area contributed by atoms with Crippen molar-refractivity contribution in [3.8, 4) is 5.75 Å². The molecule has 0 spiro atoms. The number of piperazine rings is 1. The number of hydrazone groups is 1. The van der Waals surface area contributed by atoms with Crippen molar-refractivity contribution in [2.45, 2.75) is 12.6 Å². The lowest BCUT2D eigenvalue weighted by Crippen LogP contribution is -2.51. The van der Waals surface area contributed by atoms with E-state index in [1.54, 1.807) is 6.07 Å². The molecule has 0 saturated carbocycles. The van der Waals surface area contributed by atoms with Crippen LogP contribution in [0.1, 0.15) is 17.7 Å². The minimum atomic E-state index is -4.37. The van der Waals surface area contributed by atoms with Crippen molar-refractivity contribution >= 4 is 28.7 Å². The minimum Gasteiger partial charge on any atom is -0.491 e. The monoisotopic (exact) mass is 453 g/mol. The zero-order valence-corrected chi connectivity index (χ0v) is 17.1. The largest absolute Gasteiger partial charge is 0.491 e. The molecule has 0 bridgehead atoms. The molecule has 164 valence electrons. The molecule has 1 fully saturated rings. The van der Waals surface area contributed by atoms with Crippen LogP contribution in [0.25, 0.3) is 0 Å². The fourth-order valence-corrected chi connectivity index (χ4v) is 3.69. The summed E-state index contributed by atoms with van der Waals surface area (Å²) >= 11 is 5.41. The van der Waals surface area contributed by atoms with Gasteiger partial charge in [-0.15, -0.1) is 0 Å².